The van der Waals surface area contributed by atoms with Gasteiger partial charge in [0.05, 0.1) is 12.3 Å². The first-order valence-electron chi connectivity index (χ1n) is 7.83. The van der Waals surface area contributed by atoms with E-state index in [1.807, 2.05) is 0 Å². The predicted octanol–water partition coefficient (Wildman–Crippen LogP) is -0.276. The van der Waals surface area contributed by atoms with Crippen molar-refractivity contribution >= 4 is 21.7 Å². The van der Waals surface area contributed by atoms with E-state index in [9.17, 15) is 18.0 Å². The van der Waals surface area contributed by atoms with Gasteiger partial charge in [0, 0.05) is 45.7 Å². The maximum Gasteiger partial charge on any atom is 0.251 e. The van der Waals surface area contributed by atoms with Crippen LogP contribution < -0.4 is 0 Å². The number of hydrogen-bond donors (Lipinski definition) is 0. The molecule has 9 heteroatoms. The third-order valence-electron chi connectivity index (χ3n) is 4.26. The molecule has 0 bridgehead atoms. The van der Waals surface area contributed by atoms with Crippen molar-refractivity contribution in [1.29, 1.82) is 0 Å². The summed E-state index contributed by atoms with van der Waals surface area (Å²) in [7, 11) is 0.157. The van der Waals surface area contributed by atoms with Gasteiger partial charge >= 0.3 is 0 Å². The second-order valence-corrected chi connectivity index (χ2v) is 8.74. The summed E-state index contributed by atoms with van der Waals surface area (Å²) in [4.78, 5) is 28.3. The molecule has 1 unspecified atom stereocenters. The monoisotopic (exact) mass is 356 g/mol. The number of carbonyl (C=O) groups is 2. The van der Waals surface area contributed by atoms with Crippen LogP contribution in [0.5, 0.6) is 0 Å². The highest BCUT2D eigenvalue weighted by molar-refractivity contribution is 7.90. The average molecular weight is 356 g/mol. The number of nitrogens with zero attached hydrogens (tertiary/aromatic N) is 4. The molecule has 1 aliphatic rings. The van der Waals surface area contributed by atoms with Gasteiger partial charge < -0.3 is 9.80 Å². The SMILES string of the molecule is CN(C)C(=O)C1(n2cccn2)CCCN(C(=O)CCS(C)(=O)=O)C1. The number of hydrogen-bond acceptors (Lipinski definition) is 5. The number of amides is 2. The molecule has 0 N–H and O–H groups in total. The second-order valence-electron chi connectivity index (χ2n) is 6.48. The maximum absolute atomic E-state index is 12.8. The average Bonchev–Trinajstić information content (AvgIpc) is 3.06. The lowest BCUT2D eigenvalue weighted by atomic mass is 9.87. The molecule has 1 aromatic heterocycles. The van der Waals surface area contributed by atoms with E-state index >= 15 is 0 Å². The third kappa shape index (κ3) is 3.95. The molecule has 2 amide bonds. The van der Waals surface area contributed by atoms with Gasteiger partial charge in [0.25, 0.3) is 5.91 Å². The molecule has 2 heterocycles. The Morgan fingerprint density at radius 1 is 1.33 bits per heavy atom. The number of aromatic nitrogens is 2. The summed E-state index contributed by atoms with van der Waals surface area (Å²) < 4.78 is 24.2. The summed E-state index contributed by atoms with van der Waals surface area (Å²) in [5.41, 5.74) is -0.938. The zero-order chi connectivity index (χ0) is 18.0. The van der Waals surface area contributed by atoms with Crippen LogP contribution in [-0.2, 0) is 25.0 Å². The van der Waals surface area contributed by atoms with Gasteiger partial charge in [0.2, 0.25) is 5.91 Å². The van der Waals surface area contributed by atoms with Crippen LogP contribution in [0.4, 0.5) is 0 Å². The van der Waals surface area contributed by atoms with Gasteiger partial charge in [-0.25, -0.2) is 8.42 Å². The molecule has 24 heavy (non-hydrogen) atoms. The fraction of sp³-hybridized carbons (Fsp3) is 0.667. The van der Waals surface area contributed by atoms with Gasteiger partial charge in [-0.15, -0.1) is 0 Å². The number of rotatable bonds is 5. The van der Waals surface area contributed by atoms with Crippen LogP contribution in [0.2, 0.25) is 0 Å². The van der Waals surface area contributed by atoms with Crippen molar-refractivity contribution in [3.63, 3.8) is 0 Å². The summed E-state index contributed by atoms with van der Waals surface area (Å²) in [6, 6.07) is 1.75. The fourth-order valence-corrected chi connectivity index (χ4v) is 3.62. The van der Waals surface area contributed by atoms with Crippen molar-refractivity contribution < 1.29 is 18.0 Å². The van der Waals surface area contributed by atoms with Gasteiger partial charge in [-0.2, -0.15) is 5.10 Å². The highest BCUT2D eigenvalue weighted by atomic mass is 32.2. The summed E-state index contributed by atoms with van der Waals surface area (Å²) in [5.74, 6) is -0.548. The van der Waals surface area contributed by atoms with Gasteiger partial charge in [-0.1, -0.05) is 0 Å². The van der Waals surface area contributed by atoms with Crippen molar-refractivity contribution in [2.45, 2.75) is 24.8 Å². The largest absolute Gasteiger partial charge is 0.347 e. The van der Waals surface area contributed by atoms with E-state index in [0.29, 0.717) is 19.4 Å². The van der Waals surface area contributed by atoms with Crippen LogP contribution in [-0.4, -0.2) is 79.0 Å². The summed E-state index contributed by atoms with van der Waals surface area (Å²) in [6.45, 7) is 0.723. The van der Waals surface area contributed by atoms with Crippen LogP contribution in [0.1, 0.15) is 19.3 Å². The number of sulfone groups is 1. The molecule has 1 fully saturated rings. The molecule has 0 spiro atoms. The smallest absolute Gasteiger partial charge is 0.251 e. The standard InChI is InChI=1S/C15H24N4O4S/c1-17(2)14(21)15(19-10-5-8-16-19)7-4-9-18(12-15)13(20)6-11-24(3,22)23/h5,8,10H,4,6-7,9,11-12H2,1-3H3. The van der Waals surface area contributed by atoms with E-state index in [1.54, 1.807) is 42.1 Å². The van der Waals surface area contributed by atoms with E-state index in [2.05, 4.69) is 5.10 Å². The van der Waals surface area contributed by atoms with Crippen LogP contribution in [0.25, 0.3) is 0 Å². The Hall–Kier alpha value is -1.90. The van der Waals surface area contributed by atoms with Crippen LogP contribution >= 0.6 is 0 Å². The molecule has 0 saturated carbocycles. The lowest BCUT2D eigenvalue weighted by Crippen LogP contribution is -2.59. The van der Waals surface area contributed by atoms with Crippen LogP contribution in [0.15, 0.2) is 18.5 Å². The van der Waals surface area contributed by atoms with Crippen molar-refractivity contribution in [2.75, 3.05) is 39.2 Å². The Balaban J connectivity index is 2.24. The Kier molecular flexibility index (Phi) is 5.32. The zero-order valence-electron chi connectivity index (χ0n) is 14.3. The topological polar surface area (TPSA) is 92.6 Å². The Bertz CT molecular complexity index is 699. The highest BCUT2D eigenvalue weighted by Gasteiger charge is 2.46. The Morgan fingerprint density at radius 3 is 2.58 bits per heavy atom. The number of carbonyl (C=O) groups excluding carboxylic acids is 2. The molecule has 1 atom stereocenters. The van der Waals surface area contributed by atoms with E-state index in [1.165, 1.54) is 4.90 Å². The lowest BCUT2D eigenvalue weighted by Gasteiger charge is -2.42. The molecule has 0 radical (unpaired) electrons. The lowest BCUT2D eigenvalue weighted by molar-refractivity contribution is -0.146. The number of piperidine rings is 1. The quantitative estimate of drug-likeness (QED) is 0.724. The van der Waals surface area contributed by atoms with Gasteiger partial charge in [-0.05, 0) is 18.9 Å². The molecule has 1 aromatic rings. The van der Waals surface area contributed by atoms with E-state index in [4.69, 9.17) is 0 Å². The zero-order valence-corrected chi connectivity index (χ0v) is 15.1. The first kappa shape index (κ1) is 18.4. The molecule has 1 saturated heterocycles. The Morgan fingerprint density at radius 2 is 2.04 bits per heavy atom. The van der Waals surface area contributed by atoms with Crippen molar-refractivity contribution in [2.24, 2.45) is 0 Å². The molecule has 2 rings (SSSR count). The van der Waals surface area contributed by atoms with Gasteiger partial charge in [0.1, 0.15) is 9.84 Å². The minimum atomic E-state index is -3.20. The first-order chi connectivity index (χ1) is 11.2. The summed E-state index contributed by atoms with van der Waals surface area (Å²) >= 11 is 0. The predicted molar refractivity (Wildman–Crippen MR) is 89.0 cm³/mol. The second kappa shape index (κ2) is 6.92. The molecule has 134 valence electrons. The molecule has 0 aromatic carbocycles. The summed E-state index contributed by atoms with van der Waals surface area (Å²) in [5, 5.41) is 4.23. The first-order valence-corrected chi connectivity index (χ1v) is 9.89. The minimum absolute atomic E-state index is 0.0653. The normalized spacial score (nSPS) is 21.5. The summed E-state index contributed by atoms with van der Waals surface area (Å²) in [6.07, 6.45) is 5.62. The number of likely N-dealkylation sites (N-methyl/N-ethyl adjacent to an activating group) is 1. The van der Waals surface area contributed by atoms with Crippen molar-refractivity contribution in [3.8, 4) is 0 Å². The fourth-order valence-electron chi connectivity index (χ4n) is 3.08. The van der Waals surface area contributed by atoms with Crippen LogP contribution in [0.3, 0.4) is 0 Å². The molecule has 1 aliphatic heterocycles. The van der Waals surface area contributed by atoms with Crippen LogP contribution in [0, 0.1) is 0 Å². The third-order valence-corrected chi connectivity index (χ3v) is 5.20. The van der Waals surface area contributed by atoms with Crippen molar-refractivity contribution in [1.82, 2.24) is 19.6 Å². The van der Waals surface area contributed by atoms with Crippen molar-refractivity contribution in [3.05, 3.63) is 18.5 Å². The van der Waals surface area contributed by atoms with E-state index in [0.717, 1.165) is 6.26 Å². The van der Waals surface area contributed by atoms with E-state index in [-0.39, 0.29) is 30.5 Å². The highest BCUT2D eigenvalue weighted by Crippen LogP contribution is 2.30. The molecular formula is C15H24N4O4S. The van der Waals surface area contributed by atoms with Gasteiger partial charge in [0.15, 0.2) is 5.54 Å². The maximum atomic E-state index is 12.8. The molecule has 8 nitrogen and oxygen atoms in total. The molecule has 0 aliphatic carbocycles. The van der Waals surface area contributed by atoms with Gasteiger partial charge in [-0.3, -0.25) is 14.3 Å². The number of likely N-dealkylation sites (tertiary alicyclic amines) is 1. The minimum Gasteiger partial charge on any atom is -0.347 e. The van der Waals surface area contributed by atoms with E-state index < -0.39 is 15.4 Å². The Labute approximate surface area is 142 Å². The molecular weight excluding hydrogens is 332 g/mol.